The van der Waals surface area contributed by atoms with Crippen LogP contribution in [0.3, 0.4) is 0 Å². The smallest absolute Gasteiger partial charge is 0.267 e. The zero-order valence-corrected chi connectivity index (χ0v) is 12.0. The van der Waals surface area contributed by atoms with Gasteiger partial charge in [-0.2, -0.15) is 0 Å². The van der Waals surface area contributed by atoms with E-state index in [-0.39, 0.29) is 5.91 Å². The summed E-state index contributed by atoms with van der Waals surface area (Å²) in [4.78, 5) is 12.1. The number of benzene rings is 1. The number of hydrogen-bond acceptors (Lipinski definition) is 1. The van der Waals surface area contributed by atoms with E-state index in [9.17, 15) is 4.79 Å². The van der Waals surface area contributed by atoms with Crippen LogP contribution in [-0.2, 0) is 7.05 Å². The fourth-order valence-corrected chi connectivity index (χ4v) is 2.74. The molecular formula is C17H20N2O. The lowest BCUT2D eigenvalue weighted by atomic mass is 10.1. The third-order valence-corrected chi connectivity index (χ3v) is 4.28. The number of aryl methyl sites for hydroxylation is 1. The van der Waals surface area contributed by atoms with Crippen LogP contribution in [0.25, 0.3) is 0 Å². The standard InChI is InChI=1S/C17H20N2O/c1-12-8-9-16(19(12)2)17(20)18-11-14-10-15(14)13-6-4-3-5-7-13/h3-9,14-15H,10-11H2,1-2H3,(H,18,20)/t14-,15-/m1/s1. The molecule has 104 valence electrons. The highest BCUT2D eigenvalue weighted by Gasteiger charge is 2.38. The van der Waals surface area contributed by atoms with Gasteiger partial charge in [0.15, 0.2) is 0 Å². The second kappa shape index (κ2) is 5.16. The van der Waals surface area contributed by atoms with Gasteiger partial charge in [0.05, 0.1) is 0 Å². The minimum absolute atomic E-state index is 0.0271. The highest BCUT2D eigenvalue weighted by atomic mass is 16.1. The van der Waals surface area contributed by atoms with Gasteiger partial charge in [-0.05, 0) is 42.9 Å². The molecule has 1 aromatic carbocycles. The Morgan fingerprint density at radius 3 is 2.65 bits per heavy atom. The summed E-state index contributed by atoms with van der Waals surface area (Å²) in [5.41, 5.74) is 3.23. The van der Waals surface area contributed by atoms with Crippen LogP contribution in [0.4, 0.5) is 0 Å². The van der Waals surface area contributed by atoms with Crippen LogP contribution in [-0.4, -0.2) is 17.0 Å². The van der Waals surface area contributed by atoms with Crippen LogP contribution in [0.5, 0.6) is 0 Å². The second-order valence-corrected chi connectivity index (χ2v) is 5.64. The average molecular weight is 268 g/mol. The van der Waals surface area contributed by atoms with Gasteiger partial charge in [0.25, 0.3) is 5.91 Å². The van der Waals surface area contributed by atoms with Gasteiger partial charge in [0, 0.05) is 19.3 Å². The normalized spacial score (nSPS) is 20.7. The van der Waals surface area contributed by atoms with Crippen LogP contribution < -0.4 is 5.32 Å². The molecular weight excluding hydrogens is 248 g/mol. The van der Waals surface area contributed by atoms with E-state index in [0.29, 0.717) is 11.8 Å². The van der Waals surface area contributed by atoms with E-state index in [0.717, 1.165) is 17.9 Å². The molecule has 1 aliphatic carbocycles. The van der Waals surface area contributed by atoms with E-state index >= 15 is 0 Å². The molecule has 0 radical (unpaired) electrons. The average Bonchev–Trinajstić information content (AvgIpc) is 3.18. The second-order valence-electron chi connectivity index (χ2n) is 5.64. The van der Waals surface area contributed by atoms with Crippen molar-refractivity contribution < 1.29 is 4.79 Å². The van der Waals surface area contributed by atoms with E-state index in [1.807, 2.05) is 36.7 Å². The first-order valence-electron chi connectivity index (χ1n) is 7.12. The largest absolute Gasteiger partial charge is 0.350 e. The fraction of sp³-hybridized carbons (Fsp3) is 0.353. The number of amides is 1. The van der Waals surface area contributed by atoms with Crippen molar-refractivity contribution in [2.45, 2.75) is 19.3 Å². The summed E-state index contributed by atoms with van der Waals surface area (Å²) in [7, 11) is 1.92. The molecule has 0 saturated heterocycles. The lowest BCUT2D eigenvalue weighted by molar-refractivity contribution is 0.0943. The maximum absolute atomic E-state index is 12.1. The van der Waals surface area contributed by atoms with Crippen LogP contribution >= 0.6 is 0 Å². The molecule has 1 amide bonds. The number of nitrogens with zero attached hydrogens (tertiary/aromatic N) is 1. The molecule has 3 rings (SSSR count). The number of aromatic nitrogens is 1. The minimum atomic E-state index is 0.0271. The zero-order chi connectivity index (χ0) is 14.1. The summed E-state index contributed by atoms with van der Waals surface area (Å²) in [5.74, 6) is 1.23. The van der Waals surface area contributed by atoms with Gasteiger partial charge in [-0.3, -0.25) is 4.79 Å². The number of carbonyl (C=O) groups excluding carboxylic acids is 1. The van der Waals surface area contributed by atoms with Crippen molar-refractivity contribution in [3.63, 3.8) is 0 Å². The van der Waals surface area contributed by atoms with Crippen LogP contribution in [0.1, 0.15) is 34.1 Å². The molecule has 2 aromatic rings. The number of carbonyl (C=O) groups is 1. The minimum Gasteiger partial charge on any atom is -0.350 e. The quantitative estimate of drug-likeness (QED) is 0.909. The van der Waals surface area contributed by atoms with E-state index in [1.165, 1.54) is 12.0 Å². The van der Waals surface area contributed by atoms with Crippen molar-refractivity contribution >= 4 is 5.91 Å². The lowest BCUT2D eigenvalue weighted by Gasteiger charge is -2.07. The van der Waals surface area contributed by atoms with Crippen molar-refractivity contribution in [1.82, 2.24) is 9.88 Å². The van der Waals surface area contributed by atoms with E-state index in [4.69, 9.17) is 0 Å². The molecule has 0 unspecified atom stereocenters. The zero-order valence-electron chi connectivity index (χ0n) is 12.0. The summed E-state index contributed by atoms with van der Waals surface area (Å²) < 4.78 is 1.93. The van der Waals surface area contributed by atoms with Gasteiger partial charge in [0.1, 0.15) is 5.69 Å². The maximum atomic E-state index is 12.1. The molecule has 1 aliphatic rings. The molecule has 1 aromatic heterocycles. The van der Waals surface area contributed by atoms with E-state index in [1.54, 1.807) is 0 Å². The molecule has 1 N–H and O–H groups in total. The van der Waals surface area contributed by atoms with Gasteiger partial charge < -0.3 is 9.88 Å². The molecule has 1 saturated carbocycles. The number of rotatable bonds is 4. The maximum Gasteiger partial charge on any atom is 0.267 e. The monoisotopic (exact) mass is 268 g/mol. The molecule has 20 heavy (non-hydrogen) atoms. The predicted octanol–water partition coefficient (Wildman–Crippen LogP) is 2.87. The Hall–Kier alpha value is -2.03. The van der Waals surface area contributed by atoms with Crippen molar-refractivity contribution in [3.05, 3.63) is 59.4 Å². The Labute approximate surface area is 119 Å². The highest BCUT2D eigenvalue weighted by Crippen LogP contribution is 2.46. The summed E-state index contributed by atoms with van der Waals surface area (Å²) >= 11 is 0. The van der Waals surface area contributed by atoms with Crippen molar-refractivity contribution in [2.75, 3.05) is 6.54 Å². The molecule has 1 fully saturated rings. The predicted molar refractivity (Wildman–Crippen MR) is 79.8 cm³/mol. The van der Waals surface area contributed by atoms with Gasteiger partial charge in [-0.1, -0.05) is 30.3 Å². The third-order valence-electron chi connectivity index (χ3n) is 4.28. The first-order chi connectivity index (χ1) is 9.66. The Bertz CT molecular complexity index is 615. The Morgan fingerprint density at radius 1 is 1.25 bits per heavy atom. The molecule has 0 spiro atoms. The van der Waals surface area contributed by atoms with Crippen molar-refractivity contribution in [3.8, 4) is 0 Å². The van der Waals surface area contributed by atoms with E-state index in [2.05, 4.69) is 29.6 Å². The lowest BCUT2D eigenvalue weighted by Crippen LogP contribution is -2.27. The Balaban J connectivity index is 1.54. The SMILES string of the molecule is Cc1ccc(C(=O)NC[C@H]2C[C@@H]2c2ccccc2)n1C. The van der Waals surface area contributed by atoms with Gasteiger partial charge >= 0.3 is 0 Å². The number of nitrogens with one attached hydrogen (secondary N) is 1. The first kappa shape index (κ1) is 13.0. The summed E-state index contributed by atoms with van der Waals surface area (Å²) in [6, 6.07) is 14.4. The summed E-state index contributed by atoms with van der Waals surface area (Å²) in [6.45, 7) is 2.77. The van der Waals surface area contributed by atoms with Crippen LogP contribution in [0.2, 0.25) is 0 Å². The fourth-order valence-electron chi connectivity index (χ4n) is 2.74. The molecule has 3 heteroatoms. The van der Waals surface area contributed by atoms with Crippen molar-refractivity contribution in [2.24, 2.45) is 13.0 Å². The Kier molecular flexibility index (Phi) is 3.35. The summed E-state index contributed by atoms with van der Waals surface area (Å²) in [5, 5.41) is 3.06. The topological polar surface area (TPSA) is 34.0 Å². The van der Waals surface area contributed by atoms with Gasteiger partial charge in [0.2, 0.25) is 0 Å². The molecule has 0 bridgehead atoms. The van der Waals surface area contributed by atoms with Gasteiger partial charge in [-0.15, -0.1) is 0 Å². The van der Waals surface area contributed by atoms with Crippen molar-refractivity contribution in [1.29, 1.82) is 0 Å². The highest BCUT2D eigenvalue weighted by molar-refractivity contribution is 5.92. The third kappa shape index (κ3) is 2.48. The molecule has 0 aliphatic heterocycles. The number of hydrogen-bond donors (Lipinski definition) is 1. The van der Waals surface area contributed by atoms with Gasteiger partial charge in [-0.25, -0.2) is 0 Å². The molecule has 1 heterocycles. The first-order valence-corrected chi connectivity index (χ1v) is 7.12. The van der Waals surface area contributed by atoms with E-state index < -0.39 is 0 Å². The van der Waals surface area contributed by atoms with Crippen LogP contribution in [0, 0.1) is 12.8 Å². The van der Waals surface area contributed by atoms with Crippen LogP contribution in [0.15, 0.2) is 42.5 Å². The summed E-state index contributed by atoms with van der Waals surface area (Å²) in [6.07, 6.45) is 1.18. The Morgan fingerprint density at radius 2 is 2.00 bits per heavy atom. The molecule has 3 nitrogen and oxygen atoms in total. The molecule has 2 atom stereocenters.